The van der Waals surface area contributed by atoms with Gasteiger partial charge in [-0.05, 0) is 30.5 Å². The number of nitrogens with zero attached hydrogens (tertiary/aromatic N) is 3. The third-order valence-electron chi connectivity index (χ3n) is 3.77. The number of benzene rings is 1. The molecule has 1 atom stereocenters. The molecule has 0 saturated carbocycles. The highest BCUT2D eigenvalue weighted by molar-refractivity contribution is 5.20. The molecule has 0 aliphatic carbocycles. The van der Waals surface area contributed by atoms with Gasteiger partial charge in [0.15, 0.2) is 11.6 Å². The van der Waals surface area contributed by atoms with E-state index in [9.17, 15) is 13.6 Å². The van der Waals surface area contributed by atoms with E-state index in [1.54, 1.807) is 4.57 Å². The Morgan fingerprint density at radius 1 is 1.29 bits per heavy atom. The van der Waals surface area contributed by atoms with Gasteiger partial charge in [0.25, 0.3) is 0 Å². The van der Waals surface area contributed by atoms with E-state index >= 15 is 0 Å². The van der Waals surface area contributed by atoms with Gasteiger partial charge >= 0.3 is 5.69 Å². The van der Waals surface area contributed by atoms with Gasteiger partial charge < -0.3 is 5.73 Å². The Kier molecular flexibility index (Phi) is 3.59. The van der Waals surface area contributed by atoms with Crippen molar-refractivity contribution < 1.29 is 8.78 Å². The molecular formula is C14H16F2N4O. The Morgan fingerprint density at radius 3 is 2.81 bits per heavy atom. The third-order valence-corrected chi connectivity index (χ3v) is 3.77. The normalized spacial score (nSPS) is 15.8. The van der Waals surface area contributed by atoms with Gasteiger partial charge in [0.2, 0.25) is 0 Å². The number of rotatable bonds is 3. The van der Waals surface area contributed by atoms with Crippen LogP contribution in [0.5, 0.6) is 0 Å². The van der Waals surface area contributed by atoms with Crippen molar-refractivity contribution in [3.8, 4) is 0 Å². The van der Waals surface area contributed by atoms with Gasteiger partial charge in [-0.3, -0.25) is 4.57 Å². The second-order valence-corrected chi connectivity index (χ2v) is 5.27. The topological polar surface area (TPSA) is 65.8 Å². The van der Waals surface area contributed by atoms with Crippen molar-refractivity contribution in [2.24, 2.45) is 5.73 Å². The number of aryl methyl sites for hydroxylation is 1. The van der Waals surface area contributed by atoms with Crippen molar-refractivity contribution in [1.82, 2.24) is 14.3 Å². The summed E-state index contributed by atoms with van der Waals surface area (Å²) in [5, 5.41) is 4.28. The van der Waals surface area contributed by atoms with Gasteiger partial charge in [-0.1, -0.05) is 6.07 Å². The molecule has 7 heteroatoms. The summed E-state index contributed by atoms with van der Waals surface area (Å²) in [6.07, 6.45) is 2.77. The van der Waals surface area contributed by atoms with Crippen LogP contribution in [0.1, 0.15) is 30.3 Å². The lowest BCUT2D eigenvalue weighted by Gasteiger charge is -2.11. The number of nitrogens with two attached hydrogens (primary N) is 1. The standard InChI is InChI=1S/C14H16F2N4O/c15-10-5-4-9(7-11(10)16)12(17)8-20-14(21)19-6-2-1-3-13(19)18-20/h4-5,7,12H,1-3,6,8,17H2. The van der Waals surface area contributed by atoms with Gasteiger partial charge in [-0.25, -0.2) is 18.3 Å². The molecule has 3 rings (SSSR count). The molecule has 1 aliphatic rings. The Bertz CT molecular complexity index is 722. The van der Waals surface area contributed by atoms with E-state index in [-0.39, 0.29) is 12.2 Å². The molecule has 1 unspecified atom stereocenters. The molecule has 1 aromatic carbocycles. The highest BCUT2D eigenvalue weighted by Gasteiger charge is 2.19. The van der Waals surface area contributed by atoms with Gasteiger partial charge in [-0.2, -0.15) is 5.10 Å². The molecule has 21 heavy (non-hydrogen) atoms. The maximum atomic E-state index is 13.2. The number of fused-ring (bicyclic) bond motifs is 1. The lowest BCUT2D eigenvalue weighted by Crippen LogP contribution is -2.30. The van der Waals surface area contributed by atoms with Gasteiger partial charge in [0.1, 0.15) is 5.82 Å². The first-order chi connectivity index (χ1) is 10.1. The monoisotopic (exact) mass is 294 g/mol. The van der Waals surface area contributed by atoms with Crippen LogP contribution in [-0.4, -0.2) is 14.3 Å². The lowest BCUT2D eigenvalue weighted by molar-refractivity contribution is 0.486. The summed E-state index contributed by atoms with van der Waals surface area (Å²) in [6.45, 7) is 0.818. The number of halogens is 2. The van der Waals surface area contributed by atoms with Crippen LogP contribution in [0.4, 0.5) is 8.78 Å². The second kappa shape index (κ2) is 5.40. The van der Waals surface area contributed by atoms with Crippen LogP contribution in [-0.2, 0) is 19.5 Å². The van der Waals surface area contributed by atoms with Gasteiger partial charge in [0.05, 0.1) is 6.54 Å². The average Bonchev–Trinajstić information content (AvgIpc) is 2.79. The third kappa shape index (κ3) is 2.61. The minimum atomic E-state index is -0.945. The van der Waals surface area contributed by atoms with E-state index < -0.39 is 17.7 Å². The molecule has 0 radical (unpaired) electrons. The predicted molar refractivity (Wildman–Crippen MR) is 72.7 cm³/mol. The molecule has 0 saturated heterocycles. The maximum absolute atomic E-state index is 13.2. The number of hydrogen-bond donors (Lipinski definition) is 1. The van der Waals surface area contributed by atoms with Crippen LogP contribution in [0.25, 0.3) is 0 Å². The summed E-state index contributed by atoms with van der Waals surface area (Å²) in [6, 6.07) is 2.89. The highest BCUT2D eigenvalue weighted by Crippen LogP contribution is 2.16. The van der Waals surface area contributed by atoms with Crippen LogP contribution in [0.3, 0.4) is 0 Å². The molecule has 112 valence electrons. The fourth-order valence-electron chi connectivity index (χ4n) is 2.60. The Balaban J connectivity index is 1.84. The average molecular weight is 294 g/mol. The number of aromatic nitrogens is 3. The quantitative estimate of drug-likeness (QED) is 0.929. The first-order valence-electron chi connectivity index (χ1n) is 6.93. The lowest BCUT2D eigenvalue weighted by atomic mass is 10.1. The fraction of sp³-hybridized carbons (Fsp3) is 0.429. The minimum Gasteiger partial charge on any atom is -0.322 e. The Morgan fingerprint density at radius 2 is 2.10 bits per heavy atom. The molecule has 2 N–H and O–H groups in total. The summed E-state index contributed by atoms with van der Waals surface area (Å²) in [5.41, 5.74) is 6.22. The molecule has 1 aromatic heterocycles. The first-order valence-corrected chi connectivity index (χ1v) is 6.93. The summed E-state index contributed by atoms with van der Waals surface area (Å²) in [7, 11) is 0. The van der Waals surface area contributed by atoms with Crippen molar-refractivity contribution in [3.05, 3.63) is 51.7 Å². The fourth-order valence-corrected chi connectivity index (χ4v) is 2.60. The van der Waals surface area contributed by atoms with E-state index in [4.69, 9.17) is 5.73 Å². The Hall–Kier alpha value is -2.02. The predicted octanol–water partition coefficient (Wildman–Crippen LogP) is 1.36. The van der Waals surface area contributed by atoms with Crippen LogP contribution < -0.4 is 11.4 Å². The number of hydrogen-bond acceptors (Lipinski definition) is 3. The SMILES string of the molecule is NC(Cn1nc2n(c1=O)CCCC2)c1ccc(F)c(F)c1. The zero-order valence-electron chi connectivity index (χ0n) is 11.4. The van der Waals surface area contributed by atoms with Crippen LogP contribution in [0.15, 0.2) is 23.0 Å². The Labute approximate surface area is 120 Å². The smallest absolute Gasteiger partial charge is 0.322 e. The van der Waals surface area contributed by atoms with Crippen molar-refractivity contribution in [2.75, 3.05) is 0 Å². The molecule has 2 heterocycles. The van der Waals surface area contributed by atoms with E-state index in [0.717, 1.165) is 37.2 Å². The van der Waals surface area contributed by atoms with E-state index in [1.807, 2.05) is 0 Å². The molecule has 0 fully saturated rings. The summed E-state index contributed by atoms with van der Waals surface area (Å²) in [5.74, 6) is -1.09. The zero-order valence-corrected chi connectivity index (χ0v) is 11.4. The molecule has 2 aromatic rings. The van der Waals surface area contributed by atoms with Gasteiger partial charge in [0, 0.05) is 19.0 Å². The summed E-state index contributed by atoms with van der Waals surface area (Å²) in [4.78, 5) is 12.2. The maximum Gasteiger partial charge on any atom is 0.345 e. The largest absolute Gasteiger partial charge is 0.345 e. The van der Waals surface area contributed by atoms with E-state index in [0.29, 0.717) is 12.1 Å². The van der Waals surface area contributed by atoms with Crippen LogP contribution >= 0.6 is 0 Å². The van der Waals surface area contributed by atoms with Crippen LogP contribution in [0.2, 0.25) is 0 Å². The molecule has 0 amide bonds. The molecule has 1 aliphatic heterocycles. The molecule has 0 spiro atoms. The van der Waals surface area contributed by atoms with Crippen LogP contribution in [0, 0.1) is 11.6 Å². The second-order valence-electron chi connectivity index (χ2n) is 5.27. The summed E-state index contributed by atoms with van der Waals surface area (Å²) >= 11 is 0. The molecule has 5 nitrogen and oxygen atoms in total. The van der Waals surface area contributed by atoms with Crippen molar-refractivity contribution in [2.45, 2.75) is 38.4 Å². The molecular weight excluding hydrogens is 278 g/mol. The first kappa shape index (κ1) is 13.9. The minimum absolute atomic E-state index is 0.143. The van der Waals surface area contributed by atoms with Crippen molar-refractivity contribution in [1.29, 1.82) is 0 Å². The zero-order chi connectivity index (χ0) is 15.0. The molecule has 0 bridgehead atoms. The van der Waals surface area contributed by atoms with Crippen molar-refractivity contribution in [3.63, 3.8) is 0 Å². The van der Waals surface area contributed by atoms with E-state index in [1.165, 1.54) is 10.7 Å². The van der Waals surface area contributed by atoms with Gasteiger partial charge in [-0.15, -0.1) is 0 Å². The van der Waals surface area contributed by atoms with Crippen molar-refractivity contribution >= 4 is 0 Å². The highest BCUT2D eigenvalue weighted by atomic mass is 19.2. The summed E-state index contributed by atoms with van der Waals surface area (Å²) < 4.78 is 29.1. The van der Waals surface area contributed by atoms with E-state index in [2.05, 4.69) is 5.10 Å².